The molecular formula is C21H14N6. The van der Waals surface area contributed by atoms with E-state index in [1.165, 1.54) is 0 Å². The summed E-state index contributed by atoms with van der Waals surface area (Å²) in [4.78, 5) is 22.3. The Kier molecular flexibility index (Phi) is 3.65. The molecule has 4 heterocycles. The number of para-hydroxylation sites is 1. The molecule has 6 heteroatoms. The largest absolute Gasteiger partial charge is 0.298 e. The van der Waals surface area contributed by atoms with Crippen LogP contribution in [0.25, 0.3) is 39.5 Å². The molecule has 0 fully saturated rings. The Morgan fingerprint density at radius 2 is 1.52 bits per heavy atom. The van der Waals surface area contributed by atoms with Crippen molar-refractivity contribution in [1.29, 1.82) is 0 Å². The van der Waals surface area contributed by atoms with Crippen LogP contribution >= 0.6 is 0 Å². The molecule has 0 aliphatic heterocycles. The van der Waals surface area contributed by atoms with Crippen molar-refractivity contribution >= 4 is 10.9 Å². The minimum Gasteiger partial charge on any atom is -0.298 e. The van der Waals surface area contributed by atoms with Crippen LogP contribution in [-0.2, 0) is 0 Å². The van der Waals surface area contributed by atoms with Crippen molar-refractivity contribution < 1.29 is 0 Å². The summed E-state index contributed by atoms with van der Waals surface area (Å²) in [5, 5.41) is 1.08. The van der Waals surface area contributed by atoms with Crippen molar-refractivity contribution in [3.05, 3.63) is 85.7 Å². The predicted octanol–water partition coefficient (Wildman–Crippen LogP) is 3.94. The molecule has 1 aromatic carbocycles. The predicted molar refractivity (Wildman–Crippen MR) is 103 cm³/mol. The molecule has 0 saturated heterocycles. The summed E-state index contributed by atoms with van der Waals surface area (Å²) in [5.74, 6) is 1.35. The van der Waals surface area contributed by atoms with E-state index in [-0.39, 0.29) is 0 Å². The number of hydrogen-bond acceptors (Lipinski definition) is 5. The van der Waals surface area contributed by atoms with E-state index in [1.54, 1.807) is 31.0 Å². The highest BCUT2D eigenvalue weighted by atomic mass is 15.1. The molecule has 0 atom stereocenters. The van der Waals surface area contributed by atoms with Crippen LogP contribution in [0, 0.1) is 0 Å². The zero-order valence-electron chi connectivity index (χ0n) is 14.3. The van der Waals surface area contributed by atoms with Crippen molar-refractivity contribution in [2.45, 2.75) is 0 Å². The molecule has 0 amide bonds. The molecule has 27 heavy (non-hydrogen) atoms. The lowest BCUT2D eigenvalue weighted by atomic mass is 10.2. The van der Waals surface area contributed by atoms with Gasteiger partial charge in [0.15, 0.2) is 5.82 Å². The van der Waals surface area contributed by atoms with E-state index in [2.05, 4.69) is 24.9 Å². The number of aromatic nitrogens is 6. The minimum atomic E-state index is 0.587. The Morgan fingerprint density at radius 1 is 0.667 bits per heavy atom. The standard InChI is InChI=1S/C21H14N6/c1-2-9-22-17(7-1)20-25-13-16(14-26-20)21-24-11-12-27(21)18-8-3-5-15-6-4-10-23-19(15)18/h1-14H. The molecule has 6 nitrogen and oxygen atoms in total. The minimum absolute atomic E-state index is 0.587. The monoisotopic (exact) mass is 350 g/mol. The lowest BCUT2D eigenvalue weighted by Gasteiger charge is -2.10. The van der Waals surface area contributed by atoms with Crippen molar-refractivity contribution in [2.75, 3.05) is 0 Å². The second kappa shape index (κ2) is 6.42. The van der Waals surface area contributed by atoms with Crippen LogP contribution in [0.2, 0.25) is 0 Å². The zero-order chi connectivity index (χ0) is 18.1. The summed E-state index contributed by atoms with van der Waals surface area (Å²) in [5.41, 5.74) is 3.46. The summed E-state index contributed by atoms with van der Waals surface area (Å²) >= 11 is 0. The van der Waals surface area contributed by atoms with Gasteiger partial charge in [-0.1, -0.05) is 24.3 Å². The van der Waals surface area contributed by atoms with Crippen molar-refractivity contribution in [3.63, 3.8) is 0 Å². The van der Waals surface area contributed by atoms with Gasteiger partial charge in [0, 0.05) is 42.6 Å². The topological polar surface area (TPSA) is 69.4 Å². The normalized spacial score (nSPS) is 11.0. The van der Waals surface area contributed by atoms with E-state index in [0.29, 0.717) is 5.82 Å². The number of fused-ring (bicyclic) bond motifs is 1. The highest BCUT2D eigenvalue weighted by molar-refractivity contribution is 5.87. The lowest BCUT2D eigenvalue weighted by Crippen LogP contribution is -2.00. The number of nitrogens with zero attached hydrogens (tertiary/aromatic N) is 6. The third-order valence-electron chi connectivity index (χ3n) is 4.32. The van der Waals surface area contributed by atoms with E-state index in [0.717, 1.165) is 33.7 Å². The molecule has 128 valence electrons. The first-order valence-corrected chi connectivity index (χ1v) is 8.51. The van der Waals surface area contributed by atoms with Gasteiger partial charge in [0.25, 0.3) is 0 Å². The van der Waals surface area contributed by atoms with Crippen molar-refractivity contribution in [3.8, 4) is 28.6 Å². The molecule has 0 N–H and O–H groups in total. The molecule has 5 rings (SSSR count). The average Bonchev–Trinajstić information content (AvgIpc) is 3.24. The van der Waals surface area contributed by atoms with Crippen LogP contribution in [0.15, 0.2) is 85.7 Å². The maximum absolute atomic E-state index is 4.54. The lowest BCUT2D eigenvalue weighted by molar-refractivity contribution is 1.05. The Hall–Kier alpha value is -3.93. The van der Waals surface area contributed by atoms with Gasteiger partial charge < -0.3 is 0 Å². The maximum Gasteiger partial charge on any atom is 0.178 e. The van der Waals surface area contributed by atoms with Gasteiger partial charge in [-0.15, -0.1) is 0 Å². The first-order chi connectivity index (χ1) is 13.4. The molecule has 4 aromatic heterocycles. The van der Waals surface area contributed by atoms with Crippen LogP contribution in [0.5, 0.6) is 0 Å². The summed E-state index contributed by atoms with van der Waals surface area (Å²) in [6.07, 6.45) is 10.8. The van der Waals surface area contributed by atoms with Crippen LogP contribution in [0.3, 0.4) is 0 Å². The van der Waals surface area contributed by atoms with E-state index < -0.39 is 0 Å². The number of hydrogen-bond donors (Lipinski definition) is 0. The van der Waals surface area contributed by atoms with Crippen LogP contribution in [-0.4, -0.2) is 29.5 Å². The highest BCUT2D eigenvalue weighted by Crippen LogP contribution is 2.25. The third kappa shape index (κ3) is 2.73. The van der Waals surface area contributed by atoms with Crippen LogP contribution < -0.4 is 0 Å². The van der Waals surface area contributed by atoms with Gasteiger partial charge in [0.2, 0.25) is 0 Å². The number of rotatable bonds is 3. The van der Waals surface area contributed by atoms with Gasteiger partial charge in [0.1, 0.15) is 11.5 Å². The Morgan fingerprint density at radius 3 is 2.37 bits per heavy atom. The third-order valence-corrected chi connectivity index (χ3v) is 4.32. The molecule has 0 unspecified atom stereocenters. The summed E-state index contributed by atoms with van der Waals surface area (Å²) in [6, 6.07) is 15.8. The smallest absolute Gasteiger partial charge is 0.178 e. The first-order valence-electron chi connectivity index (χ1n) is 8.51. The van der Waals surface area contributed by atoms with E-state index in [9.17, 15) is 0 Å². The molecule has 0 saturated carbocycles. The SMILES string of the molecule is c1ccc(-c2ncc(-c3nccn3-c3cccc4cccnc34)cn2)nc1. The Balaban J connectivity index is 1.59. The maximum atomic E-state index is 4.54. The molecule has 0 spiro atoms. The fourth-order valence-electron chi connectivity index (χ4n) is 3.06. The van der Waals surface area contributed by atoms with Gasteiger partial charge in [-0.05, 0) is 24.3 Å². The van der Waals surface area contributed by atoms with Crippen molar-refractivity contribution in [2.24, 2.45) is 0 Å². The number of pyridine rings is 2. The van der Waals surface area contributed by atoms with Gasteiger partial charge in [0.05, 0.1) is 16.8 Å². The van der Waals surface area contributed by atoms with Gasteiger partial charge >= 0.3 is 0 Å². The van der Waals surface area contributed by atoms with Crippen LogP contribution in [0.1, 0.15) is 0 Å². The molecular weight excluding hydrogens is 336 g/mol. The zero-order valence-corrected chi connectivity index (χ0v) is 14.3. The summed E-state index contributed by atoms with van der Waals surface area (Å²) < 4.78 is 2.01. The molecule has 0 aliphatic carbocycles. The number of imidazole rings is 1. The highest BCUT2D eigenvalue weighted by Gasteiger charge is 2.12. The van der Waals surface area contributed by atoms with Gasteiger partial charge in [-0.25, -0.2) is 15.0 Å². The molecule has 0 bridgehead atoms. The van der Waals surface area contributed by atoms with Crippen molar-refractivity contribution in [1.82, 2.24) is 29.5 Å². The fraction of sp³-hybridized carbons (Fsp3) is 0. The fourth-order valence-corrected chi connectivity index (χ4v) is 3.06. The quantitative estimate of drug-likeness (QED) is 0.493. The Bertz CT molecular complexity index is 1210. The molecule has 0 radical (unpaired) electrons. The van der Waals surface area contributed by atoms with Gasteiger partial charge in [-0.2, -0.15) is 0 Å². The van der Waals surface area contributed by atoms with Crippen LogP contribution in [0.4, 0.5) is 0 Å². The van der Waals surface area contributed by atoms with E-state index in [1.807, 2.05) is 59.3 Å². The van der Waals surface area contributed by atoms with E-state index >= 15 is 0 Å². The second-order valence-corrected chi connectivity index (χ2v) is 5.98. The second-order valence-electron chi connectivity index (χ2n) is 5.98. The van der Waals surface area contributed by atoms with E-state index in [4.69, 9.17) is 0 Å². The summed E-state index contributed by atoms with van der Waals surface area (Å²) in [6.45, 7) is 0. The molecule has 5 aromatic rings. The average molecular weight is 350 g/mol. The Labute approximate surface area is 155 Å². The molecule has 0 aliphatic rings. The number of benzene rings is 1. The summed E-state index contributed by atoms with van der Waals surface area (Å²) in [7, 11) is 0. The van der Waals surface area contributed by atoms with Gasteiger partial charge in [-0.3, -0.25) is 14.5 Å². The first kappa shape index (κ1) is 15.3.